The number of carboxylic acids is 2. The Morgan fingerprint density at radius 1 is 0.722 bits per heavy atom. The monoisotopic (exact) mass is 254 g/mol. The van der Waals surface area contributed by atoms with E-state index in [0.29, 0.717) is 6.42 Å². The van der Waals surface area contributed by atoms with E-state index in [-0.39, 0.29) is 12.8 Å². The van der Waals surface area contributed by atoms with Gasteiger partial charge in [-0.15, -0.1) is 0 Å². The minimum absolute atomic E-state index is 0.226. The van der Waals surface area contributed by atoms with Gasteiger partial charge in [-0.1, -0.05) is 24.3 Å². The van der Waals surface area contributed by atoms with Gasteiger partial charge in [-0.2, -0.15) is 0 Å². The molecular weight excluding hydrogens is 232 g/mol. The lowest BCUT2D eigenvalue weighted by atomic mass is 10.2. The third-order valence-electron chi connectivity index (χ3n) is 2.38. The Morgan fingerprint density at radius 2 is 1.22 bits per heavy atom. The maximum absolute atomic E-state index is 10.2. The molecule has 0 unspecified atom stereocenters. The lowest BCUT2D eigenvalue weighted by Gasteiger charge is -1.93. The van der Waals surface area contributed by atoms with Crippen LogP contribution in [0.3, 0.4) is 0 Å². The molecule has 4 heteroatoms. The van der Waals surface area contributed by atoms with Crippen molar-refractivity contribution < 1.29 is 19.8 Å². The van der Waals surface area contributed by atoms with Gasteiger partial charge in [0.2, 0.25) is 0 Å². The van der Waals surface area contributed by atoms with Crippen molar-refractivity contribution in [2.75, 3.05) is 0 Å². The molecule has 0 atom stereocenters. The van der Waals surface area contributed by atoms with Crippen LogP contribution in [0.5, 0.6) is 0 Å². The lowest BCUT2D eigenvalue weighted by molar-refractivity contribution is -0.138. The summed E-state index contributed by atoms with van der Waals surface area (Å²) in [4.78, 5) is 20.5. The average molecular weight is 254 g/mol. The molecular formula is C14H22O4. The third kappa shape index (κ3) is 14.4. The third-order valence-corrected chi connectivity index (χ3v) is 2.38. The van der Waals surface area contributed by atoms with Crippen molar-refractivity contribution in [2.24, 2.45) is 0 Å². The van der Waals surface area contributed by atoms with Gasteiger partial charge in [0.05, 0.1) is 0 Å². The number of carbonyl (C=O) groups is 2. The van der Waals surface area contributed by atoms with Crippen LogP contribution in [0.15, 0.2) is 24.3 Å². The van der Waals surface area contributed by atoms with Gasteiger partial charge in [0, 0.05) is 12.8 Å². The van der Waals surface area contributed by atoms with Crippen LogP contribution in [0, 0.1) is 0 Å². The van der Waals surface area contributed by atoms with Gasteiger partial charge in [0.15, 0.2) is 0 Å². The second-order valence-electron chi connectivity index (χ2n) is 4.10. The van der Waals surface area contributed by atoms with E-state index in [2.05, 4.69) is 12.2 Å². The van der Waals surface area contributed by atoms with Crippen molar-refractivity contribution in [3.05, 3.63) is 24.3 Å². The van der Waals surface area contributed by atoms with E-state index in [1.165, 1.54) is 0 Å². The molecule has 0 aliphatic heterocycles. The highest BCUT2D eigenvalue weighted by atomic mass is 16.4. The molecule has 4 nitrogen and oxygen atoms in total. The van der Waals surface area contributed by atoms with Crippen LogP contribution < -0.4 is 0 Å². The topological polar surface area (TPSA) is 74.6 Å². The van der Waals surface area contributed by atoms with Crippen molar-refractivity contribution in [2.45, 2.75) is 51.4 Å². The highest BCUT2D eigenvalue weighted by Crippen LogP contribution is 2.02. The molecule has 0 amide bonds. The predicted molar refractivity (Wildman–Crippen MR) is 70.5 cm³/mol. The Kier molecular flexibility index (Phi) is 10.8. The number of allylic oxidation sites excluding steroid dienone is 4. The molecule has 0 saturated carbocycles. The number of rotatable bonds is 11. The summed E-state index contributed by atoms with van der Waals surface area (Å²) < 4.78 is 0. The fourth-order valence-corrected chi connectivity index (χ4v) is 1.42. The van der Waals surface area contributed by atoms with Crippen LogP contribution in [0.2, 0.25) is 0 Å². The van der Waals surface area contributed by atoms with E-state index < -0.39 is 11.9 Å². The molecule has 0 rings (SSSR count). The molecule has 102 valence electrons. The molecule has 0 bridgehead atoms. The Hall–Kier alpha value is -1.58. The van der Waals surface area contributed by atoms with Crippen LogP contribution in [-0.4, -0.2) is 22.2 Å². The molecule has 0 saturated heterocycles. The smallest absolute Gasteiger partial charge is 0.303 e. The maximum atomic E-state index is 10.2. The Bertz CT molecular complexity index is 292. The van der Waals surface area contributed by atoms with Crippen LogP contribution >= 0.6 is 0 Å². The lowest BCUT2D eigenvalue weighted by Crippen LogP contribution is -1.92. The van der Waals surface area contributed by atoms with Gasteiger partial charge in [0.1, 0.15) is 0 Å². The molecule has 0 aromatic rings. The zero-order valence-electron chi connectivity index (χ0n) is 10.7. The van der Waals surface area contributed by atoms with Gasteiger partial charge in [-0.3, -0.25) is 9.59 Å². The first-order valence-corrected chi connectivity index (χ1v) is 6.36. The van der Waals surface area contributed by atoms with E-state index in [1.807, 2.05) is 12.2 Å². The summed E-state index contributed by atoms with van der Waals surface area (Å²) in [5.74, 6) is -1.48. The van der Waals surface area contributed by atoms with Crippen LogP contribution in [0.4, 0.5) is 0 Å². The summed E-state index contributed by atoms with van der Waals surface area (Å²) >= 11 is 0. The normalized spacial score (nSPS) is 11.3. The molecule has 0 fully saturated rings. The first-order valence-electron chi connectivity index (χ1n) is 6.36. The van der Waals surface area contributed by atoms with Crippen molar-refractivity contribution in [3.63, 3.8) is 0 Å². The standard InChI is InChI=1S/C14H22O4/c15-13(16)11-9-7-5-3-1-2-4-6-8-10-12-14(17)18/h1,3-4,6H,2,5,7-12H2,(H,15,16)(H,17,18)/b3-1?,6-4-. The highest BCUT2D eigenvalue weighted by Gasteiger charge is 1.94. The van der Waals surface area contributed by atoms with Crippen molar-refractivity contribution in [3.8, 4) is 0 Å². The molecule has 18 heavy (non-hydrogen) atoms. The van der Waals surface area contributed by atoms with Crippen molar-refractivity contribution >= 4 is 11.9 Å². The number of aliphatic carboxylic acids is 2. The zero-order valence-corrected chi connectivity index (χ0v) is 10.7. The largest absolute Gasteiger partial charge is 0.481 e. The van der Waals surface area contributed by atoms with Crippen LogP contribution in [0.25, 0.3) is 0 Å². The van der Waals surface area contributed by atoms with E-state index >= 15 is 0 Å². The van der Waals surface area contributed by atoms with E-state index in [0.717, 1.165) is 32.1 Å². The van der Waals surface area contributed by atoms with Crippen molar-refractivity contribution in [1.29, 1.82) is 0 Å². The summed E-state index contributed by atoms with van der Waals surface area (Å²) in [5, 5.41) is 16.8. The van der Waals surface area contributed by atoms with Gasteiger partial charge in [-0.05, 0) is 38.5 Å². The van der Waals surface area contributed by atoms with E-state index in [4.69, 9.17) is 10.2 Å². The zero-order chi connectivity index (χ0) is 13.6. The summed E-state index contributed by atoms with van der Waals surface area (Å²) in [6.45, 7) is 0. The summed E-state index contributed by atoms with van der Waals surface area (Å²) in [6, 6.07) is 0. The van der Waals surface area contributed by atoms with Crippen molar-refractivity contribution in [1.82, 2.24) is 0 Å². The van der Waals surface area contributed by atoms with Crippen LogP contribution in [0.1, 0.15) is 51.4 Å². The Balaban J connectivity index is 3.29. The van der Waals surface area contributed by atoms with E-state index in [9.17, 15) is 9.59 Å². The first-order chi connectivity index (χ1) is 8.63. The van der Waals surface area contributed by atoms with Crippen LogP contribution in [-0.2, 0) is 9.59 Å². The summed E-state index contributed by atoms with van der Waals surface area (Å²) in [7, 11) is 0. The average Bonchev–Trinajstić information content (AvgIpc) is 2.29. The van der Waals surface area contributed by atoms with E-state index in [1.54, 1.807) is 0 Å². The fraction of sp³-hybridized carbons (Fsp3) is 0.571. The summed E-state index contributed by atoms with van der Waals surface area (Å²) in [6.07, 6.45) is 13.5. The molecule has 0 spiro atoms. The van der Waals surface area contributed by atoms with Gasteiger partial charge >= 0.3 is 11.9 Å². The molecule has 0 aromatic carbocycles. The molecule has 0 aliphatic rings. The number of unbranched alkanes of at least 4 members (excludes halogenated alkanes) is 3. The SMILES string of the molecule is O=C(O)CCC/C=C\CC=CCCCCC(=O)O. The van der Waals surface area contributed by atoms with Gasteiger partial charge in [-0.25, -0.2) is 0 Å². The van der Waals surface area contributed by atoms with Gasteiger partial charge < -0.3 is 10.2 Å². The molecule has 0 radical (unpaired) electrons. The molecule has 0 aromatic heterocycles. The number of carboxylic acid groups (broad SMARTS) is 2. The second kappa shape index (κ2) is 11.9. The Morgan fingerprint density at radius 3 is 1.78 bits per heavy atom. The summed E-state index contributed by atoms with van der Waals surface area (Å²) in [5.41, 5.74) is 0. The quantitative estimate of drug-likeness (QED) is 0.438. The fourth-order valence-electron chi connectivity index (χ4n) is 1.42. The number of hydrogen-bond donors (Lipinski definition) is 2. The maximum Gasteiger partial charge on any atom is 0.303 e. The number of hydrogen-bond acceptors (Lipinski definition) is 2. The second-order valence-corrected chi connectivity index (χ2v) is 4.10. The van der Waals surface area contributed by atoms with Gasteiger partial charge in [0.25, 0.3) is 0 Å². The molecule has 0 heterocycles. The Labute approximate surface area is 108 Å². The first kappa shape index (κ1) is 16.4. The molecule has 0 aliphatic carbocycles. The molecule has 2 N–H and O–H groups in total. The minimum atomic E-state index is -0.746. The predicted octanol–water partition coefficient (Wildman–Crippen LogP) is 3.39. The minimum Gasteiger partial charge on any atom is -0.481 e. The highest BCUT2D eigenvalue weighted by molar-refractivity contribution is 5.66.